The number of aromatic nitrogens is 4. The molecule has 8 nitrogen and oxygen atoms in total. The van der Waals surface area contributed by atoms with Crippen LogP contribution in [0.1, 0.15) is 18.4 Å². The first kappa shape index (κ1) is 20.0. The predicted molar refractivity (Wildman–Crippen MR) is 115 cm³/mol. The highest BCUT2D eigenvalue weighted by molar-refractivity contribution is 5.54. The maximum absolute atomic E-state index is 10.7. The predicted octanol–water partition coefficient (Wildman–Crippen LogP) is 2.53. The van der Waals surface area contributed by atoms with E-state index in [2.05, 4.69) is 37.7 Å². The molecule has 1 saturated heterocycles. The number of hydrogen-bond acceptors (Lipinski definition) is 7. The average Bonchev–Trinajstić information content (AvgIpc) is 3.45. The van der Waals surface area contributed by atoms with Gasteiger partial charge >= 0.3 is 0 Å². The second kappa shape index (κ2) is 8.64. The molecule has 3 aromatic rings. The normalized spacial score (nSPS) is 25.9. The van der Waals surface area contributed by atoms with Crippen LogP contribution in [0.3, 0.4) is 0 Å². The number of aliphatic hydroxyl groups is 1. The van der Waals surface area contributed by atoms with Crippen molar-refractivity contribution in [1.29, 1.82) is 0 Å². The number of ether oxygens (including phenoxy) is 2. The van der Waals surface area contributed by atoms with Crippen molar-refractivity contribution in [3.63, 3.8) is 0 Å². The fraction of sp³-hybridized carbons (Fsp3) is 0.435. The van der Waals surface area contributed by atoms with E-state index in [0.717, 1.165) is 38.0 Å². The molecule has 0 amide bonds. The van der Waals surface area contributed by atoms with E-state index in [1.165, 1.54) is 5.56 Å². The van der Waals surface area contributed by atoms with Crippen LogP contribution in [-0.4, -0.2) is 63.0 Å². The number of aliphatic hydroxyl groups excluding tert-OH is 1. The lowest BCUT2D eigenvalue weighted by Crippen LogP contribution is -2.42. The molecule has 1 aliphatic carbocycles. The Kier molecular flexibility index (Phi) is 5.57. The topological polar surface area (TPSA) is 96.4 Å². The summed E-state index contributed by atoms with van der Waals surface area (Å²) in [7, 11) is 1.64. The van der Waals surface area contributed by atoms with E-state index in [0.29, 0.717) is 29.2 Å². The minimum Gasteiger partial charge on any atom is -0.493 e. The Morgan fingerprint density at radius 1 is 1.03 bits per heavy atom. The summed E-state index contributed by atoms with van der Waals surface area (Å²) in [5.41, 5.74) is 2.21. The minimum absolute atomic E-state index is 0.202. The molecule has 5 rings (SSSR count). The third-order valence-corrected chi connectivity index (χ3v) is 6.47. The molecule has 0 bridgehead atoms. The summed E-state index contributed by atoms with van der Waals surface area (Å²) in [5.74, 6) is 3.04. The Labute approximate surface area is 181 Å². The van der Waals surface area contributed by atoms with Crippen LogP contribution in [0.2, 0.25) is 0 Å². The lowest BCUT2D eigenvalue weighted by molar-refractivity contribution is -0.0240. The molecule has 2 aromatic carbocycles. The summed E-state index contributed by atoms with van der Waals surface area (Å²) in [6.45, 7) is 2.93. The van der Waals surface area contributed by atoms with E-state index >= 15 is 0 Å². The standard InChI is InChI=1S/C23H27N5O3/c1-30-20-4-2-3-5-21(20)31-22-11-18-14-28(13-17(18)10-19(22)29)12-15-6-8-16(9-7-15)23-24-26-27-25-23/h2-9,17-19,22,29H,10-14H2,1H3,(H,24,25,26,27)/t17-,18+,19+,22+/m0/s1. The number of rotatable bonds is 6. The van der Waals surface area contributed by atoms with Gasteiger partial charge in [-0.15, -0.1) is 10.2 Å². The van der Waals surface area contributed by atoms with Crippen molar-refractivity contribution >= 4 is 0 Å². The zero-order valence-electron chi connectivity index (χ0n) is 17.5. The molecular formula is C23H27N5O3. The number of aromatic amines is 1. The number of nitrogens with one attached hydrogen (secondary N) is 1. The number of nitrogens with zero attached hydrogens (tertiary/aromatic N) is 4. The summed E-state index contributed by atoms with van der Waals surface area (Å²) < 4.78 is 11.6. The molecule has 2 fully saturated rings. The first-order chi connectivity index (χ1) is 15.2. The van der Waals surface area contributed by atoms with E-state index in [-0.39, 0.29) is 6.10 Å². The van der Waals surface area contributed by atoms with Crippen molar-refractivity contribution in [2.45, 2.75) is 31.6 Å². The number of para-hydroxylation sites is 2. The quantitative estimate of drug-likeness (QED) is 0.631. The average molecular weight is 422 g/mol. The van der Waals surface area contributed by atoms with E-state index < -0.39 is 6.10 Å². The second-order valence-electron chi connectivity index (χ2n) is 8.49. The van der Waals surface area contributed by atoms with Crippen LogP contribution in [-0.2, 0) is 6.54 Å². The maximum Gasteiger partial charge on any atom is 0.204 e. The van der Waals surface area contributed by atoms with Crippen LogP contribution < -0.4 is 9.47 Å². The molecule has 8 heteroatoms. The minimum atomic E-state index is -0.458. The van der Waals surface area contributed by atoms with Crippen LogP contribution in [0.5, 0.6) is 11.5 Å². The molecule has 0 unspecified atom stereocenters. The van der Waals surface area contributed by atoms with Crippen molar-refractivity contribution in [2.24, 2.45) is 11.8 Å². The van der Waals surface area contributed by atoms with Gasteiger partial charge in [0.2, 0.25) is 5.82 Å². The monoisotopic (exact) mass is 421 g/mol. The number of methoxy groups -OCH3 is 1. The molecule has 0 radical (unpaired) electrons. The van der Waals surface area contributed by atoms with Crippen molar-refractivity contribution in [1.82, 2.24) is 25.5 Å². The summed E-state index contributed by atoms with van der Waals surface area (Å²) >= 11 is 0. The molecule has 0 spiro atoms. The number of tetrazole rings is 1. The zero-order chi connectivity index (χ0) is 21.2. The highest BCUT2D eigenvalue weighted by Gasteiger charge is 2.42. The second-order valence-corrected chi connectivity index (χ2v) is 8.49. The maximum atomic E-state index is 10.7. The molecule has 31 heavy (non-hydrogen) atoms. The Morgan fingerprint density at radius 2 is 1.77 bits per heavy atom. The van der Waals surface area contributed by atoms with Gasteiger partial charge in [-0.25, -0.2) is 0 Å². The van der Waals surface area contributed by atoms with Crippen LogP contribution in [0.25, 0.3) is 11.4 Å². The van der Waals surface area contributed by atoms with Gasteiger partial charge in [0.15, 0.2) is 11.5 Å². The van der Waals surface area contributed by atoms with Crippen molar-refractivity contribution in [3.05, 3.63) is 54.1 Å². The highest BCUT2D eigenvalue weighted by atomic mass is 16.5. The largest absolute Gasteiger partial charge is 0.493 e. The van der Waals surface area contributed by atoms with Gasteiger partial charge in [0.1, 0.15) is 6.10 Å². The van der Waals surface area contributed by atoms with Crippen molar-refractivity contribution < 1.29 is 14.6 Å². The van der Waals surface area contributed by atoms with Crippen LogP contribution in [0.4, 0.5) is 0 Å². The van der Waals surface area contributed by atoms with Gasteiger partial charge < -0.3 is 14.6 Å². The smallest absolute Gasteiger partial charge is 0.204 e. The molecule has 1 aromatic heterocycles. The van der Waals surface area contributed by atoms with E-state index in [4.69, 9.17) is 9.47 Å². The highest BCUT2D eigenvalue weighted by Crippen LogP contribution is 2.39. The Balaban J connectivity index is 1.20. The van der Waals surface area contributed by atoms with Crippen LogP contribution in [0.15, 0.2) is 48.5 Å². The first-order valence-corrected chi connectivity index (χ1v) is 10.7. The van der Waals surface area contributed by atoms with Gasteiger partial charge in [0, 0.05) is 25.2 Å². The molecular weight excluding hydrogens is 394 g/mol. The third kappa shape index (κ3) is 4.26. The molecule has 162 valence electrons. The molecule has 4 atom stereocenters. The lowest BCUT2D eigenvalue weighted by atomic mass is 9.78. The number of fused-ring (bicyclic) bond motifs is 1. The van der Waals surface area contributed by atoms with E-state index in [9.17, 15) is 5.11 Å². The molecule has 2 N–H and O–H groups in total. The fourth-order valence-electron chi connectivity index (χ4n) is 4.92. The lowest BCUT2D eigenvalue weighted by Gasteiger charge is -2.35. The Bertz CT molecular complexity index is 995. The van der Waals surface area contributed by atoms with Crippen LogP contribution in [0, 0.1) is 11.8 Å². The van der Waals surface area contributed by atoms with Crippen molar-refractivity contribution in [2.75, 3.05) is 20.2 Å². The number of benzene rings is 2. The van der Waals surface area contributed by atoms with Gasteiger partial charge in [0.25, 0.3) is 0 Å². The summed E-state index contributed by atoms with van der Waals surface area (Å²) in [4.78, 5) is 2.48. The van der Waals surface area contributed by atoms with Gasteiger partial charge in [-0.3, -0.25) is 4.90 Å². The number of likely N-dealkylation sites (tertiary alicyclic amines) is 1. The van der Waals surface area contributed by atoms with Crippen LogP contribution >= 0.6 is 0 Å². The van der Waals surface area contributed by atoms with Crippen molar-refractivity contribution in [3.8, 4) is 22.9 Å². The molecule has 2 heterocycles. The first-order valence-electron chi connectivity index (χ1n) is 10.7. The zero-order valence-corrected chi connectivity index (χ0v) is 17.5. The molecule has 1 aliphatic heterocycles. The van der Waals surface area contributed by atoms with Gasteiger partial charge in [-0.05, 0) is 47.6 Å². The van der Waals surface area contributed by atoms with Gasteiger partial charge in [-0.1, -0.05) is 36.4 Å². The summed E-state index contributed by atoms with van der Waals surface area (Å²) in [6, 6.07) is 15.9. The van der Waals surface area contributed by atoms with Gasteiger partial charge in [-0.2, -0.15) is 5.21 Å². The molecule has 2 aliphatic rings. The number of H-pyrrole nitrogens is 1. The Hall–Kier alpha value is -2.97. The summed E-state index contributed by atoms with van der Waals surface area (Å²) in [5, 5.41) is 24.9. The number of hydrogen-bond donors (Lipinski definition) is 2. The van der Waals surface area contributed by atoms with Gasteiger partial charge in [0.05, 0.1) is 13.2 Å². The Morgan fingerprint density at radius 3 is 2.48 bits per heavy atom. The SMILES string of the molecule is COc1ccccc1O[C@@H]1C[C@@H]2CN(Cc3ccc(-c4nn[nH]n4)cc3)C[C@@H]2C[C@H]1O. The van der Waals surface area contributed by atoms with E-state index in [1.807, 2.05) is 36.4 Å². The fourth-order valence-corrected chi connectivity index (χ4v) is 4.92. The molecule has 1 saturated carbocycles. The summed E-state index contributed by atoms with van der Waals surface area (Å²) in [6.07, 6.45) is 0.974. The van der Waals surface area contributed by atoms with E-state index in [1.54, 1.807) is 7.11 Å². The third-order valence-electron chi connectivity index (χ3n) is 6.47.